The molecule has 0 radical (unpaired) electrons. The summed E-state index contributed by atoms with van der Waals surface area (Å²) in [5.74, 6) is 0.365. The van der Waals surface area contributed by atoms with E-state index in [1.54, 1.807) is 19.1 Å². The van der Waals surface area contributed by atoms with E-state index in [1.807, 2.05) is 0 Å². The Kier molecular flexibility index (Phi) is 3.22. The summed E-state index contributed by atoms with van der Waals surface area (Å²) in [7, 11) is 1.57. The van der Waals surface area contributed by atoms with Gasteiger partial charge in [0.2, 0.25) is 0 Å². The summed E-state index contributed by atoms with van der Waals surface area (Å²) in [6.45, 7) is 1.69. The van der Waals surface area contributed by atoms with Crippen molar-refractivity contribution < 1.29 is 8.42 Å². The molecule has 0 saturated carbocycles. The summed E-state index contributed by atoms with van der Waals surface area (Å²) in [6.07, 6.45) is 0. The molecule has 0 bridgehead atoms. The zero-order chi connectivity index (χ0) is 10.1. The molecule has 0 aliphatic carbocycles. The molecule has 1 aromatic rings. The number of hydrogen-bond acceptors (Lipinski definition) is 2. The van der Waals surface area contributed by atoms with Crippen molar-refractivity contribution >= 4 is 31.3 Å². The molecule has 0 aliphatic heterocycles. The minimum Gasteiger partial charge on any atom is -0.207 e. The third-order valence-corrected chi connectivity index (χ3v) is 3.45. The number of aryl methyl sites for hydroxylation is 1. The average molecular weight is 239 g/mol. The zero-order valence-electron chi connectivity index (χ0n) is 6.92. The van der Waals surface area contributed by atoms with Crippen LogP contribution in [-0.4, -0.2) is 8.42 Å². The molecule has 0 spiro atoms. The van der Waals surface area contributed by atoms with Crippen LogP contribution in [0.4, 0.5) is 0 Å². The predicted octanol–water partition coefficient (Wildman–Crippen LogP) is 2.66. The molecule has 0 atom stereocenters. The Hall–Kier alpha value is -0.250. The molecule has 0 amide bonds. The summed E-state index contributed by atoms with van der Waals surface area (Å²) in [5, 5.41) is 0. The topological polar surface area (TPSA) is 34.1 Å². The van der Waals surface area contributed by atoms with Gasteiger partial charge in [-0.2, -0.15) is 0 Å². The maximum atomic E-state index is 11.0. The van der Waals surface area contributed by atoms with Gasteiger partial charge >= 0.3 is 0 Å². The van der Waals surface area contributed by atoms with Crippen molar-refractivity contribution in [3.63, 3.8) is 0 Å². The smallest absolute Gasteiger partial charge is 0.207 e. The van der Waals surface area contributed by atoms with Crippen LogP contribution >= 0.6 is 22.3 Å². The quantitative estimate of drug-likeness (QED) is 0.587. The van der Waals surface area contributed by atoms with Gasteiger partial charge in [-0.1, -0.05) is 12.1 Å². The molecular weight excluding hydrogens is 231 g/mol. The van der Waals surface area contributed by atoms with E-state index in [9.17, 15) is 8.42 Å². The first kappa shape index (κ1) is 10.8. The average Bonchev–Trinajstić information content (AvgIpc) is 2.01. The van der Waals surface area contributed by atoms with E-state index in [0.29, 0.717) is 11.4 Å². The summed E-state index contributed by atoms with van der Waals surface area (Å²) in [6, 6.07) is 4.83. The molecule has 5 heteroatoms. The molecule has 13 heavy (non-hydrogen) atoms. The second-order valence-electron chi connectivity index (χ2n) is 2.67. The highest BCUT2D eigenvalue weighted by Gasteiger charge is 2.12. The van der Waals surface area contributed by atoms with Crippen LogP contribution in [0.3, 0.4) is 0 Å². The van der Waals surface area contributed by atoms with Gasteiger partial charge in [0.25, 0.3) is 9.05 Å². The molecule has 1 rings (SSSR count). The fraction of sp³-hybridized carbons (Fsp3) is 0.250. The summed E-state index contributed by atoms with van der Waals surface area (Å²) in [4.78, 5) is 0.142. The second-order valence-corrected chi connectivity index (χ2v) is 5.47. The lowest BCUT2D eigenvalue weighted by Crippen LogP contribution is -1.95. The van der Waals surface area contributed by atoms with Gasteiger partial charge in [-0.15, -0.1) is 11.6 Å². The maximum Gasteiger partial charge on any atom is 0.261 e. The van der Waals surface area contributed by atoms with Crippen LogP contribution in [0.1, 0.15) is 11.1 Å². The number of alkyl halides is 1. The number of halogens is 2. The van der Waals surface area contributed by atoms with E-state index >= 15 is 0 Å². The third kappa shape index (κ3) is 2.59. The van der Waals surface area contributed by atoms with Crippen LogP contribution in [0, 0.1) is 6.92 Å². The monoisotopic (exact) mass is 238 g/mol. The van der Waals surface area contributed by atoms with Gasteiger partial charge in [0.15, 0.2) is 0 Å². The maximum absolute atomic E-state index is 11.0. The van der Waals surface area contributed by atoms with E-state index < -0.39 is 9.05 Å². The van der Waals surface area contributed by atoms with Crippen molar-refractivity contribution in [1.29, 1.82) is 0 Å². The fourth-order valence-electron chi connectivity index (χ4n) is 1.07. The van der Waals surface area contributed by atoms with Gasteiger partial charge in [0, 0.05) is 16.6 Å². The summed E-state index contributed by atoms with van der Waals surface area (Å²) in [5.41, 5.74) is 1.50. The van der Waals surface area contributed by atoms with Crippen molar-refractivity contribution in [3.05, 3.63) is 29.3 Å². The third-order valence-electron chi connectivity index (χ3n) is 1.66. The molecule has 0 unspecified atom stereocenters. The number of rotatable bonds is 2. The Bertz CT molecular complexity index is 412. The van der Waals surface area contributed by atoms with Crippen molar-refractivity contribution in [2.45, 2.75) is 17.7 Å². The van der Waals surface area contributed by atoms with Gasteiger partial charge in [-0.05, 0) is 24.1 Å². The highest BCUT2D eigenvalue weighted by molar-refractivity contribution is 8.13. The molecule has 72 valence electrons. The highest BCUT2D eigenvalue weighted by Crippen LogP contribution is 2.21. The van der Waals surface area contributed by atoms with Crippen LogP contribution in [-0.2, 0) is 14.9 Å². The SMILES string of the molecule is Cc1cc(CCl)ccc1S(=O)(=O)Cl. The van der Waals surface area contributed by atoms with E-state index in [1.165, 1.54) is 6.07 Å². The highest BCUT2D eigenvalue weighted by atomic mass is 35.7. The molecule has 0 fully saturated rings. The Labute approximate surface area is 86.9 Å². The molecule has 0 aliphatic rings. The van der Waals surface area contributed by atoms with Crippen molar-refractivity contribution in [2.24, 2.45) is 0 Å². The molecule has 0 aromatic heterocycles. The standard InChI is InChI=1S/C8H8Cl2O2S/c1-6-4-7(5-9)2-3-8(6)13(10,11)12/h2-4H,5H2,1H3. The normalized spacial score (nSPS) is 11.6. The minimum absolute atomic E-state index is 0.142. The molecule has 0 N–H and O–H groups in total. The van der Waals surface area contributed by atoms with Crippen LogP contribution < -0.4 is 0 Å². The van der Waals surface area contributed by atoms with Crippen molar-refractivity contribution in [1.82, 2.24) is 0 Å². The lowest BCUT2D eigenvalue weighted by Gasteiger charge is -2.02. The zero-order valence-corrected chi connectivity index (χ0v) is 9.25. The van der Waals surface area contributed by atoms with Crippen LogP contribution in [0.2, 0.25) is 0 Å². The summed E-state index contributed by atoms with van der Waals surface area (Å²) < 4.78 is 22.0. The Morgan fingerprint density at radius 3 is 2.38 bits per heavy atom. The number of hydrogen-bond donors (Lipinski definition) is 0. The number of benzene rings is 1. The summed E-state index contributed by atoms with van der Waals surface area (Å²) >= 11 is 5.58. The van der Waals surface area contributed by atoms with E-state index in [2.05, 4.69) is 0 Å². The first-order valence-corrected chi connectivity index (χ1v) is 6.39. The first-order chi connectivity index (χ1) is 5.95. The van der Waals surface area contributed by atoms with Gasteiger partial charge in [0.1, 0.15) is 0 Å². The van der Waals surface area contributed by atoms with Crippen LogP contribution in [0.25, 0.3) is 0 Å². The Balaban J connectivity index is 3.29. The van der Waals surface area contributed by atoms with Crippen molar-refractivity contribution in [3.8, 4) is 0 Å². The van der Waals surface area contributed by atoms with Gasteiger partial charge in [0.05, 0.1) is 4.90 Å². The van der Waals surface area contributed by atoms with E-state index in [0.717, 1.165) is 5.56 Å². The molecule has 2 nitrogen and oxygen atoms in total. The minimum atomic E-state index is -3.63. The predicted molar refractivity (Wildman–Crippen MR) is 53.8 cm³/mol. The second kappa shape index (κ2) is 3.86. The van der Waals surface area contributed by atoms with Crippen LogP contribution in [0.5, 0.6) is 0 Å². The van der Waals surface area contributed by atoms with E-state index in [4.69, 9.17) is 22.3 Å². The molecule has 0 heterocycles. The van der Waals surface area contributed by atoms with Gasteiger partial charge in [-0.25, -0.2) is 8.42 Å². The first-order valence-electron chi connectivity index (χ1n) is 3.55. The van der Waals surface area contributed by atoms with Crippen molar-refractivity contribution in [2.75, 3.05) is 0 Å². The lowest BCUT2D eigenvalue weighted by atomic mass is 10.2. The van der Waals surface area contributed by atoms with E-state index in [-0.39, 0.29) is 4.90 Å². The lowest BCUT2D eigenvalue weighted by molar-refractivity contribution is 0.609. The Morgan fingerprint density at radius 1 is 1.38 bits per heavy atom. The molecular formula is C8H8Cl2O2S. The Morgan fingerprint density at radius 2 is 2.00 bits per heavy atom. The molecule has 1 aromatic carbocycles. The van der Waals surface area contributed by atoms with Gasteiger partial charge in [-0.3, -0.25) is 0 Å². The fourth-order valence-corrected chi connectivity index (χ4v) is 2.43. The van der Waals surface area contributed by atoms with Crippen LogP contribution in [0.15, 0.2) is 23.1 Å². The largest absolute Gasteiger partial charge is 0.261 e. The van der Waals surface area contributed by atoms with Gasteiger partial charge < -0.3 is 0 Å². The molecule has 0 saturated heterocycles.